The second-order valence-electron chi connectivity index (χ2n) is 2.70. The first kappa shape index (κ1) is 11.2. The zero-order chi connectivity index (χ0) is 11.5. The predicted molar refractivity (Wildman–Crippen MR) is 47.5 cm³/mol. The normalized spacial score (nSPS) is 11.9. The van der Waals surface area contributed by atoms with E-state index in [1.807, 2.05) is 0 Å². The maximum absolute atomic E-state index is 12.2. The largest absolute Gasteiger partial charge is 0.416 e. The predicted octanol–water partition coefficient (Wildman–Crippen LogP) is 1.60. The van der Waals surface area contributed by atoms with Crippen molar-refractivity contribution < 1.29 is 18.0 Å². The summed E-state index contributed by atoms with van der Waals surface area (Å²) in [7, 11) is 0. The highest BCUT2D eigenvalue weighted by Gasteiger charge is 2.30. The zero-order valence-electron chi connectivity index (χ0n) is 7.45. The highest BCUT2D eigenvalue weighted by molar-refractivity contribution is 5.89. The minimum absolute atomic E-state index is 0.0311. The first-order valence-electron chi connectivity index (χ1n) is 3.90. The first-order valence-corrected chi connectivity index (χ1v) is 3.90. The molecule has 1 amide bonds. The number of alkyl halides is 3. The lowest BCUT2D eigenvalue weighted by Gasteiger charge is -2.05. The van der Waals surface area contributed by atoms with Gasteiger partial charge < -0.3 is 5.73 Å². The number of aromatic nitrogens is 1. The molecule has 0 saturated heterocycles. The summed E-state index contributed by atoms with van der Waals surface area (Å²) in [6.07, 6.45) is -1.33. The Labute approximate surface area is 83.4 Å². The molecule has 0 aliphatic rings. The minimum Gasteiger partial charge on any atom is -0.366 e. The smallest absolute Gasteiger partial charge is 0.366 e. The van der Waals surface area contributed by atoms with Gasteiger partial charge in [0, 0.05) is 12.3 Å². The molecule has 15 heavy (non-hydrogen) atoms. The van der Waals surface area contributed by atoms with Gasteiger partial charge in [-0.25, -0.2) is 0 Å². The number of carbonyl (C=O) groups excluding carboxylic acids is 1. The summed E-state index contributed by atoms with van der Waals surface area (Å²) in [4.78, 5) is 14.0. The fourth-order valence-electron chi connectivity index (χ4n) is 0.883. The fraction of sp³-hybridized carbons (Fsp3) is 0.111. The van der Waals surface area contributed by atoms with Crippen LogP contribution in [0.25, 0.3) is 6.08 Å². The molecule has 0 aliphatic heterocycles. The van der Waals surface area contributed by atoms with E-state index in [2.05, 4.69) is 4.98 Å². The number of primary amides is 1. The van der Waals surface area contributed by atoms with E-state index in [9.17, 15) is 18.0 Å². The Balaban J connectivity index is 2.98. The van der Waals surface area contributed by atoms with Gasteiger partial charge in [0.2, 0.25) is 5.91 Å². The van der Waals surface area contributed by atoms with E-state index < -0.39 is 17.6 Å². The Kier molecular flexibility index (Phi) is 3.08. The molecule has 0 bridgehead atoms. The Morgan fingerprint density at radius 3 is 2.67 bits per heavy atom. The first-order chi connectivity index (χ1) is 6.89. The Morgan fingerprint density at radius 1 is 1.47 bits per heavy atom. The van der Waals surface area contributed by atoms with Crippen molar-refractivity contribution >= 4 is 12.0 Å². The lowest BCUT2D eigenvalue weighted by molar-refractivity contribution is -0.137. The van der Waals surface area contributed by atoms with Crippen LogP contribution >= 0.6 is 0 Å². The third-order valence-corrected chi connectivity index (χ3v) is 1.53. The van der Waals surface area contributed by atoms with Crippen LogP contribution in [0, 0.1) is 0 Å². The highest BCUT2D eigenvalue weighted by Crippen LogP contribution is 2.29. The lowest BCUT2D eigenvalue weighted by atomic mass is 10.2. The standard InChI is InChI=1S/C9H7F3N2O/c10-9(11,12)6-3-4-14-7(5-6)1-2-8(13)15/h1-5H,(H2,13,15). The van der Waals surface area contributed by atoms with E-state index in [-0.39, 0.29) is 5.69 Å². The summed E-state index contributed by atoms with van der Waals surface area (Å²) in [6.45, 7) is 0. The number of hydrogen-bond acceptors (Lipinski definition) is 2. The van der Waals surface area contributed by atoms with Crippen LogP contribution in [0.2, 0.25) is 0 Å². The summed E-state index contributed by atoms with van der Waals surface area (Å²) in [5, 5.41) is 0. The van der Waals surface area contributed by atoms with Crippen molar-refractivity contribution in [2.24, 2.45) is 5.73 Å². The molecular weight excluding hydrogens is 209 g/mol. The van der Waals surface area contributed by atoms with Gasteiger partial charge in [-0.15, -0.1) is 0 Å². The van der Waals surface area contributed by atoms with E-state index >= 15 is 0 Å². The van der Waals surface area contributed by atoms with Crippen LogP contribution < -0.4 is 5.73 Å². The van der Waals surface area contributed by atoms with Gasteiger partial charge in [-0.2, -0.15) is 13.2 Å². The molecule has 80 valence electrons. The maximum atomic E-state index is 12.2. The van der Waals surface area contributed by atoms with E-state index in [1.165, 1.54) is 0 Å². The molecule has 0 spiro atoms. The summed E-state index contributed by atoms with van der Waals surface area (Å²) < 4.78 is 36.7. The van der Waals surface area contributed by atoms with Gasteiger partial charge in [0.25, 0.3) is 0 Å². The number of nitrogens with zero attached hydrogens (tertiary/aromatic N) is 1. The molecule has 6 heteroatoms. The van der Waals surface area contributed by atoms with Crippen LogP contribution in [-0.2, 0) is 11.0 Å². The molecule has 0 atom stereocenters. The van der Waals surface area contributed by atoms with Crippen LogP contribution in [0.15, 0.2) is 24.4 Å². The molecule has 0 radical (unpaired) electrons. The molecule has 1 aromatic rings. The number of carbonyl (C=O) groups is 1. The van der Waals surface area contributed by atoms with Crippen molar-refractivity contribution in [3.63, 3.8) is 0 Å². The van der Waals surface area contributed by atoms with E-state index in [0.717, 1.165) is 30.5 Å². The molecule has 0 aromatic carbocycles. The van der Waals surface area contributed by atoms with Gasteiger partial charge in [0.05, 0.1) is 11.3 Å². The molecule has 1 aromatic heterocycles. The van der Waals surface area contributed by atoms with Crippen molar-refractivity contribution in [2.45, 2.75) is 6.18 Å². The van der Waals surface area contributed by atoms with Crippen molar-refractivity contribution in [1.82, 2.24) is 4.98 Å². The van der Waals surface area contributed by atoms with E-state index in [0.29, 0.717) is 0 Å². The fourth-order valence-corrected chi connectivity index (χ4v) is 0.883. The Hall–Kier alpha value is -1.85. The molecule has 1 heterocycles. The van der Waals surface area contributed by atoms with Gasteiger partial charge in [-0.3, -0.25) is 9.78 Å². The number of rotatable bonds is 2. The van der Waals surface area contributed by atoms with Gasteiger partial charge in [0.15, 0.2) is 0 Å². The number of pyridine rings is 1. The van der Waals surface area contributed by atoms with Crippen molar-refractivity contribution in [2.75, 3.05) is 0 Å². The van der Waals surface area contributed by atoms with Crippen molar-refractivity contribution in [3.8, 4) is 0 Å². The molecule has 0 unspecified atom stereocenters. The van der Waals surface area contributed by atoms with E-state index in [1.54, 1.807) is 0 Å². The van der Waals surface area contributed by atoms with E-state index in [4.69, 9.17) is 5.73 Å². The monoisotopic (exact) mass is 216 g/mol. The van der Waals surface area contributed by atoms with Crippen molar-refractivity contribution in [1.29, 1.82) is 0 Å². The average Bonchev–Trinajstić information content (AvgIpc) is 2.14. The van der Waals surface area contributed by atoms with Crippen LogP contribution in [0.4, 0.5) is 13.2 Å². The summed E-state index contributed by atoms with van der Waals surface area (Å²) in [5.41, 5.74) is 4.00. The summed E-state index contributed by atoms with van der Waals surface area (Å²) in [5.74, 6) is -0.741. The van der Waals surface area contributed by atoms with Crippen LogP contribution in [-0.4, -0.2) is 10.9 Å². The Morgan fingerprint density at radius 2 is 2.13 bits per heavy atom. The second-order valence-corrected chi connectivity index (χ2v) is 2.70. The SMILES string of the molecule is NC(=O)C=Cc1cc(C(F)(F)F)ccn1. The maximum Gasteiger partial charge on any atom is 0.416 e. The van der Waals surface area contributed by atoms with Crippen LogP contribution in [0.5, 0.6) is 0 Å². The Bertz CT molecular complexity index is 399. The molecule has 0 fully saturated rings. The third kappa shape index (κ3) is 3.41. The number of hydrogen-bond donors (Lipinski definition) is 1. The topological polar surface area (TPSA) is 56.0 Å². The summed E-state index contributed by atoms with van der Waals surface area (Å²) >= 11 is 0. The lowest BCUT2D eigenvalue weighted by Crippen LogP contribution is -2.06. The summed E-state index contributed by atoms with van der Waals surface area (Å²) in [6, 6.07) is 1.68. The molecular formula is C9H7F3N2O. The molecule has 3 nitrogen and oxygen atoms in total. The zero-order valence-corrected chi connectivity index (χ0v) is 7.45. The van der Waals surface area contributed by atoms with Gasteiger partial charge in [0.1, 0.15) is 0 Å². The molecule has 1 rings (SSSR count). The quantitative estimate of drug-likeness (QED) is 0.763. The minimum atomic E-state index is -4.42. The molecule has 2 N–H and O–H groups in total. The molecule has 0 aliphatic carbocycles. The highest BCUT2D eigenvalue weighted by atomic mass is 19.4. The van der Waals surface area contributed by atoms with Gasteiger partial charge >= 0.3 is 6.18 Å². The van der Waals surface area contributed by atoms with Gasteiger partial charge in [-0.05, 0) is 18.2 Å². The number of halogens is 3. The second kappa shape index (κ2) is 4.12. The van der Waals surface area contributed by atoms with Crippen LogP contribution in [0.1, 0.15) is 11.3 Å². The van der Waals surface area contributed by atoms with Gasteiger partial charge in [-0.1, -0.05) is 0 Å². The number of nitrogens with two attached hydrogens (primary N) is 1. The van der Waals surface area contributed by atoms with Crippen molar-refractivity contribution in [3.05, 3.63) is 35.7 Å². The van der Waals surface area contributed by atoms with Crippen LogP contribution in [0.3, 0.4) is 0 Å². The third-order valence-electron chi connectivity index (χ3n) is 1.53. The number of amides is 1. The average molecular weight is 216 g/mol. The molecule has 0 saturated carbocycles.